The highest BCUT2D eigenvalue weighted by atomic mass is 16.1. The molecule has 3 atom stereocenters. The van der Waals surface area contributed by atoms with Gasteiger partial charge in [-0.15, -0.1) is 0 Å². The van der Waals surface area contributed by atoms with Crippen LogP contribution in [0.15, 0.2) is 11.6 Å². The monoisotopic (exact) mass is 180 g/mol. The summed E-state index contributed by atoms with van der Waals surface area (Å²) in [6.45, 7) is 8.19. The lowest BCUT2D eigenvalue weighted by molar-refractivity contribution is -0.122. The molecule has 0 aliphatic heterocycles. The molecule has 0 saturated carbocycles. The molecule has 1 nitrogen and oxygen atoms in total. The quantitative estimate of drug-likeness (QED) is 0.596. The van der Waals surface area contributed by atoms with Crippen LogP contribution < -0.4 is 0 Å². The molecule has 0 N–H and O–H groups in total. The zero-order valence-corrected chi connectivity index (χ0v) is 9.13. The highest BCUT2D eigenvalue weighted by molar-refractivity contribution is 5.78. The van der Waals surface area contributed by atoms with Gasteiger partial charge in [-0.1, -0.05) is 25.5 Å². The molecule has 0 heterocycles. The van der Waals surface area contributed by atoms with Gasteiger partial charge in [0.25, 0.3) is 0 Å². The Bertz CT molecular complexity index is 227. The van der Waals surface area contributed by atoms with E-state index in [4.69, 9.17) is 0 Å². The first-order valence-electron chi connectivity index (χ1n) is 5.20. The SMILES string of the molecule is CC(=O)C(C)C1CCC(C)=C[C@@H]1C. The molecular formula is C12H20O. The fraction of sp³-hybridized carbons (Fsp3) is 0.750. The number of rotatable bonds is 2. The van der Waals surface area contributed by atoms with Crippen molar-refractivity contribution < 1.29 is 4.79 Å². The topological polar surface area (TPSA) is 17.1 Å². The second kappa shape index (κ2) is 4.08. The Morgan fingerprint density at radius 3 is 2.69 bits per heavy atom. The fourth-order valence-corrected chi connectivity index (χ4v) is 2.32. The van der Waals surface area contributed by atoms with Gasteiger partial charge in [0.05, 0.1) is 0 Å². The average Bonchev–Trinajstić information content (AvgIpc) is 2.03. The lowest BCUT2D eigenvalue weighted by Gasteiger charge is -2.30. The van der Waals surface area contributed by atoms with Crippen LogP contribution in [0.25, 0.3) is 0 Å². The molecule has 0 fully saturated rings. The third-order valence-electron chi connectivity index (χ3n) is 3.38. The summed E-state index contributed by atoms with van der Waals surface area (Å²) < 4.78 is 0. The molecule has 1 aliphatic carbocycles. The van der Waals surface area contributed by atoms with E-state index in [9.17, 15) is 4.79 Å². The summed E-state index contributed by atoms with van der Waals surface area (Å²) in [5.41, 5.74) is 1.49. The highest BCUT2D eigenvalue weighted by Crippen LogP contribution is 2.33. The van der Waals surface area contributed by atoms with E-state index in [-0.39, 0.29) is 5.92 Å². The summed E-state index contributed by atoms with van der Waals surface area (Å²) in [6, 6.07) is 0. The fourth-order valence-electron chi connectivity index (χ4n) is 2.32. The summed E-state index contributed by atoms with van der Waals surface area (Å²) in [5, 5.41) is 0. The van der Waals surface area contributed by atoms with Crippen molar-refractivity contribution in [2.75, 3.05) is 0 Å². The molecule has 1 rings (SSSR count). The van der Waals surface area contributed by atoms with Crippen LogP contribution in [-0.4, -0.2) is 5.78 Å². The van der Waals surface area contributed by atoms with Gasteiger partial charge in [-0.25, -0.2) is 0 Å². The Hall–Kier alpha value is -0.590. The van der Waals surface area contributed by atoms with Crippen molar-refractivity contribution in [3.63, 3.8) is 0 Å². The van der Waals surface area contributed by atoms with Gasteiger partial charge in [0.15, 0.2) is 0 Å². The third kappa shape index (κ3) is 2.43. The summed E-state index contributed by atoms with van der Waals surface area (Å²) in [7, 11) is 0. The number of carbonyl (C=O) groups is 1. The minimum Gasteiger partial charge on any atom is -0.300 e. The molecule has 13 heavy (non-hydrogen) atoms. The van der Waals surface area contributed by atoms with Crippen molar-refractivity contribution in [3.05, 3.63) is 11.6 Å². The normalized spacial score (nSPS) is 30.9. The maximum absolute atomic E-state index is 11.2. The van der Waals surface area contributed by atoms with E-state index in [0.717, 1.165) is 0 Å². The van der Waals surface area contributed by atoms with E-state index < -0.39 is 0 Å². The molecule has 2 unspecified atom stereocenters. The second-order valence-electron chi connectivity index (χ2n) is 4.47. The summed E-state index contributed by atoms with van der Waals surface area (Å²) in [4.78, 5) is 11.2. The van der Waals surface area contributed by atoms with Gasteiger partial charge in [-0.05, 0) is 38.5 Å². The van der Waals surface area contributed by atoms with Crippen molar-refractivity contribution in [3.8, 4) is 0 Å². The predicted octanol–water partition coefficient (Wildman–Crippen LogP) is 3.20. The van der Waals surface area contributed by atoms with Gasteiger partial charge >= 0.3 is 0 Å². The van der Waals surface area contributed by atoms with Crippen LogP contribution in [0.5, 0.6) is 0 Å². The van der Waals surface area contributed by atoms with Gasteiger partial charge in [-0.2, -0.15) is 0 Å². The van der Waals surface area contributed by atoms with Gasteiger partial charge in [-0.3, -0.25) is 4.79 Å². The Kier molecular flexibility index (Phi) is 3.29. The zero-order chi connectivity index (χ0) is 10.0. The zero-order valence-electron chi connectivity index (χ0n) is 9.13. The number of Topliss-reactive ketones (excluding diaryl/α,β-unsaturated/α-hetero) is 1. The van der Waals surface area contributed by atoms with Crippen LogP contribution in [0.1, 0.15) is 40.5 Å². The summed E-state index contributed by atoms with van der Waals surface area (Å²) in [6.07, 6.45) is 4.69. The number of hydrogen-bond donors (Lipinski definition) is 0. The van der Waals surface area contributed by atoms with Crippen molar-refractivity contribution in [1.29, 1.82) is 0 Å². The average molecular weight is 180 g/mol. The molecule has 0 aromatic rings. The van der Waals surface area contributed by atoms with Crippen LogP contribution in [0.4, 0.5) is 0 Å². The van der Waals surface area contributed by atoms with E-state index in [1.807, 2.05) is 0 Å². The molecular weight excluding hydrogens is 160 g/mol. The van der Waals surface area contributed by atoms with Crippen molar-refractivity contribution >= 4 is 5.78 Å². The standard InChI is InChI=1S/C12H20O/c1-8-5-6-12(9(2)7-8)10(3)11(4)13/h7,9-10,12H,5-6H2,1-4H3/t9-,10?,12?/m0/s1. The summed E-state index contributed by atoms with van der Waals surface area (Å²) >= 11 is 0. The smallest absolute Gasteiger partial charge is 0.132 e. The molecule has 0 aromatic heterocycles. The number of allylic oxidation sites excluding steroid dienone is 2. The lowest BCUT2D eigenvalue weighted by Crippen LogP contribution is -2.26. The maximum atomic E-state index is 11.2. The third-order valence-corrected chi connectivity index (χ3v) is 3.38. The molecule has 0 saturated heterocycles. The van der Waals surface area contributed by atoms with Crippen molar-refractivity contribution in [2.24, 2.45) is 17.8 Å². The minimum atomic E-state index is 0.236. The maximum Gasteiger partial charge on any atom is 0.132 e. The van der Waals surface area contributed by atoms with Crippen LogP contribution in [-0.2, 0) is 4.79 Å². The van der Waals surface area contributed by atoms with Crippen molar-refractivity contribution in [2.45, 2.75) is 40.5 Å². The molecule has 1 aliphatic rings. The molecule has 0 radical (unpaired) electrons. The number of carbonyl (C=O) groups excluding carboxylic acids is 1. The molecule has 1 heteroatoms. The van der Waals surface area contributed by atoms with E-state index in [1.54, 1.807) is 6.92 Å². The highest BCUT2D eigenvalue weighted by Gasteiger charge is 2.27. The Morgan fingerprint density at radius 1 is 1.62 bits per heavy atom. The molecule has 0 aromatic carbocycles. The molecule has 0 amide bonds. The minimum absolute atomic E-state index is 0.236. The van der Waals surface area contributed by atoms with Crippen molar-refractivity contribution in [1.82, 2.24) is 0 Å². The first-order valence-corrected chi connectivity index (χ1v) is 5.20. The van der Waals surface area contributed by atoms with Gasteiger partial charge in [0, 0.05) is 5.92 Å². The van der Waals surface area contributed by atoms with E-state index in [1.165, 1.54) is 18.4 Å². The van der Waals surface area contributed by atoms with Gasteiger partial charge in [0.2, 0.25) is 0 Å². The van der Waals surface area contributed by atoms with E-state index in [0.29, 0.717) is 17.6 Å². The Balaban J connectivity index is 2.68. The Labute approximate surface area is 81.2 Å². The van der Waals surface area contributed by atoms with Crippen LogP contribution in [0.2, 0.25) is 0 Å². The first-order chi connectivity index (χ1) is 6.02. The second-order valence-corrected chi connectivity index (χ2v) is 4.47. The van der Waals surface area contributed by atoms with Gasteiger partial charge < -0.3 is 0 Å². The van der Waals surface area contributed by atoms with E-state index >= 15 is 0 Å². The number of ketones is 1. The number of hydrogen-bond acceptors (Lipinski definition) is 1. The summed E-state index contributed by atoms with van der Waals surface area (Å²) in [5.74, 6) is 1.72. The van der Waals surface area contributed by atoms with Gasteiger partial charge in [0.1, 0.15) is 5.78 Å². The first kappa shape index (κ1) is 10.5. The van der Waals surface area contributed by atoms with Crippen LogP contribution in [0, 0.1) is 17.8 Å². The molecule has 0 spiro atoms. The lowest BCUT2D eigenvalue weighted by atomic mass is 9.74. The molecule has 0 bridgehead atoms. The Morgan fingerprint density at radius 2 is 2.23 bits per heavy atom. The largest absolute Gasteiger partial charge is 0.300 e. The predicted molar refractivity (Wildman–Crippen MR) is 55.5 cm³/mol. The van der Waals surface area contributed by atoms with E-state index in [2.05, 4.69) is 26.8 Å². The van der Waals surface area contributed by atoms with Crippen LogP contribution >= 0.6 is 0 Å². The molecule has 74 valence electrons. The van der Waals surface area contributed by atoms with Crippen LogP contribution in [0.3, 0.4) is 0 Å².